The van der Waals surface area contributed by atoms with E-state index in [4.69, 9.17) is 26.4 Å². The molecular weight excluding hydrogens is 811 g/mol. The molecule has 0 unspecified atom stereocenters. The van der Waals surface area contributed by atoms with Gasteiger partial charge in [0, 0.05) is 79.6 Å². The maximum atomic E-state index is 6.74. The molecule has 0 aliphatic heterocycles. The number of rotatable bonds is 10. The van der Waals surface area contributed by atoms with E-state index in [9.17, 15) is 0 Å². The van der Waals surface area contributed by atoms with Crippen LogP contribution >= 0.6 is 0 Å². The molecule has 0 saturated heterocycles. The van der Waals surface area contributed by atoms with Crippen LogP contribution in [0.4, 0.5) is 11.6 Å². The topological polar surface area (TPSA) is 142 Å². The minimum Gasteiger partial charge on any atom is -0.383 e. The molecule has 0 amide bonds. The van der Waals surface area contributed by atoms with Gasteiger partial charge in [-0.15, -0.1) is 0 Å². The van der Waals surface area contributed by atoms with Gasteiger partial charge < -0.3 is 11.5 Å². The van der Waals surface area contributed by atoms with Crippen LogP contribution in [0.1, 0.15) is 45.3 Å². The molecule has 0 atom stereocenters. The number of nitrogen functional groups attached to an aromatic ring is 2. The second-order valence-corrected chi connectivity index (χ2v) is 16.3. The van der Waals surface area contributed by atoms with Crippen molar-refractivity contribution >= 4 is 44.0 Å². The molecule has 66 heavy (non-hydrogen) atoms. The summed E-state index contributed by atoms with van der Waals surface area (Å²) in [7, 11) is 0. The van der Waals surface area contributed by atoms with Crippen molar-refractivity contribution in [1.29, 1.82) is 0 Å². The van der Waals surface area contributed by atoms with Gasteiger partial charge in [-0.2, -0.15) is 0 Å². The average Bonchev–Trinajstić information content (AvgIpc) is 3.35. The molecule has 5 aromatic heterocycles. The highest BCUT2D eigenvalue weighted by Gasteiger charge is 2.18. The van der Waals surface area contributed by atoms with Crippen molar-refractivity contribution in [1.82, 2.24) is 34.9 Å². The number of anilines is 2. The van der Waals surface area contributed by atoms with Crippen molar-refractivity contribution in [3.8, 4) is 22.3 Å². The maximum Gasteiger partial charge on any atom is 0.135 e. The first-order chi connectivity index (χ1) is 32.5. The standard InChI is InChI=1S/C36H27N3.C21H18N6/c37-36-35(32-18-17-28-9-3-6-12-31(28)23-32)33(21-24-13-15-26-7-1-4-10-29(26)19-24)38-34(39-36)22-25-14-16-27-8-2-5-11-30(27)20-25;22-21-20(17-6-3-9-25-14-17)18(10-15-4-1-7-23-12-15)26-19(27-21)11-16-5-2-8-24-13-16/h1-20,23H,21-22H2,(H2,37,38,39);1-9,12-14H,10-11H2,(H2,22,26,27). The Labute approximate surface area is 383 Å². The summed E-state index contributed by atoms with van der Waals surface area (Å²) in [5.41, 5.74) is 23.1. The first-order valence-electron chi connectivity index (χ1n) is 21.9. The van der Waals surface area contributed by atoms with Crippen LogP contribution in [0.15, 0.2) is 201 Å². The second-order valence-electron chi connectivity index (χ2n) is 16.3. The Morgan fingerprint density at radius 3 is 1.26 bits per heavy atom. The molecule has 0 bridgehead atoms. The summed E-state index contributed by atoms with van der Waals surface area (Å²) in [4.78, 5) is 31.9. The summed E-state index contributed by atoms with van der Waals surface area (Å²) in [6, 6.07) is 56.6. The fraction of sp³-hybridized carbons (Fsp3) is 0.0702. The lowest BCUT2D eigenvalue weighted by molar-refractivity contribution is 0.920. The third kappa shape index (κ3) is 9.46. The molecule has 0 aliphatic carbocycles. The number of nitrogens with zero attached hydrogens (tertiary/aromatic N) is 7. The molecule has 9 nitrogen and oxygen atoms in total. The van der Waals surface area contributed by atoms with Crippen molar-refractivity contribution < 1.29 is 0 Å². The average molecular weight is 856 g/mol. The molecule has 0 radical (unpaired) electrons. The Morgan fingerprint density at radius 2 is 0.742 bits per heavy atom. The fourth-order valence-electron chi connectivity index (χ4n) is 8.51. The molecule has 6 aromatic carbocycles. The number of nitrogens with two attached hydrogens (primary N) is 2. The number of hydrogen-bond acceptors (Lipinski definition) is 9. The molecule has 11 rings (SSSR count). The zero-order chi connectivity index (χ0) is 44.7. The quantitative estimate of drug-likeness (QED) is 0.137. The van der Waals surface area contributed by atoms with E-state index in [0.717, 1.165) is 50.6 Å². The van der Waals surface area contributed by atoms with Gasteiger partial charge >= 0.3 is 0 Å². The highest BCUT2D eigenvalue weighted by Crippen LogP contribution is 2.33. The summed E-state index contributed by atoms with van der Waals surface area (Å²) in [6.07, 6.45) is 13.2. The summed E-state index contributed by atoms with van der Waals surface area (Å²) < 4.78 is 0. The van der Waals surface area contributed by atoms with Gasteiger partial charge in [0.2, 0.25) is 0 Å². The van der Waals surface area contributed by atoms with Crippen molar-refractivity contribution in [3.63, 3.8) is 0 Å². The lowest BCUT2D eigenvalue weighted by Crippen LogP contribution is -2.09. The van der Waals surface area contributed by atoms with Crippen molar-refractivity contribution in [2.24, 2.45) is 0 Å². The van der Waals surface area contributed by atoms with E-state index in [2.05, 4.69) is 147 Å². The largest absolute Gasteiger partial charge is 0.383 e. The first-order valence-corrected chi connectivity index (χ1v) is 21.9. The van der Waals surface area contributed by atoms with Crippen LogP contribution in [-0.4, -0.2) is 34.9 Å². The molecule has 318 valence electrons. The Hall–Kier alpha value is -8.69. The first kappa shape index (κ1) is 41.3. The van der Waals surface area contributed by atoms with Crippen LogP contribution in [-0.2, 0) is 25.7 Å². The van der Waals surface area contributed by atoms with Crippen LogP contribution in [0.5, 0.6) is 0 Å². The summed E-state index contributed by atoms with van der Waals surface area (Å²) in [6.45, 7) is 0. The van der Waals surface area contributed by atoms with Gasteiger partial charge in [-0.3, -0.25) is 15.0 Å². The van der Waals surface area contributed by atoms with Crippen LogP contribution in [0.3, 0.4) is 0 Å². The normalized spacial score (nSPS) is 11.1. The predicted octanol–water partition coefficient (Wildman–Crippen LogP) is 11.5. The summed E-state index contributed by atoms with van der Waals surface area (Å²) >= 11 is 0. The van der Waals surface area contributed by atoms with Crippen LogP contribution in [0.25, 0.3) is 54.6 Å². The summed E-state index contributed by atoms with van der Waals surface area (Å²) in [5.74, 6) is 2.39. The van der Waals surface area contributed by atoms with E-state index in [0.29, 0.717) is 43.1 Å². The van der Waals surface area contributed by atoms with Gasteiger partial charge in [0.15, 0.2) is 0 Å². The molecule has 0 fully saturated rings. The fourth-order valence-corrected chi connectivity index (χ4v) is 8.51. The van der Waals surface area contributed by atoms with Gasteiger partial charge in [-0.1, -0.05) is 140 Å². The van der Waals surface area contributed by atoms with E-state index >= 15 is 0 Å². The lowest BCUT2D eigenvalue weighted by atomic mass is 9.96. The van der Waals surface area contributed by atoms with Gasteiger partial charge in [-0.05, 0) is 84.4 Å². The van der Waals surface area contributed by atoms with E-state index in [1.165, 1.54) is 43.4 Å². The molecule has 4 N–H and O–H groups in total. The van der Waals surface area contributed by atoms with Crippen LogP contribution in [0.2, 0.25) is 0 Å². The lowest BCUT2D eigenvalue weighted by Gasteiger charge is -2.15. The second kappa shape index (κ2) is 19.0. The zero-order valence-electron chi connectivity index (χ0n) is 36.2. The van der Waals surface area contributed by atoms with Crippen LogP contribution in [0, 0.1) is 0 Å². The smallest absolute Gasteiger partial charge is 0.135 e. The summed E-state index contributed by atoms with van der Waals surface area (Å²) in [5, 5.41) is 7.27. The third-order valence-electron chi connectivity index (χ3n) is 11.6. The predicted molar refractivity (Wildman–Crippen MR) is 267 cm³/mol. The van der Waals surface area contributed by atoms with E-state index < -0.39 is 0 Å². The molecule has 11 aromatic rings. The van der Waals surface area contributed by atoms with Gasteiger partial charge in [0.05, 0.1) is 11.4 Å². The van der Waals surface area contributed by atoms with Gasteiger partial charge in [0.1, 0.15) is 23.3 Å². The minimum absolute atomic E-state index is 0.454. The van der Waals surface area contributed by atoms with Crippen molar-refractivity contribution in [2.45, 2.75) is 25.7 Å². The highest BCUT2D eigenvalue weighted by atomic mass is 15.0. The number of benzene rings is 6. The molecular formula is C57H45N9. The Morgan fingerprint density at radius 1 is 0.318 bits per heavy atom. The van der Waals surface area contributed by atoms with Gasteiger partial charge in [-0.25, -0.2) is 19.9 Å². The number of aromatic nitrogens is 7. The monoisotopic (exact) mass is 855 g/mol. The van der Waals surface area contributed by atoms with E-state index in [-0.39, 0.29) is 0 Å². The Kier molecular flexibility index (Phi) is 11.9. The Bertz CT molecular complexity index is 3450. The number of fused-ring (bicyclic) bond motifs is 3. The van der Waals surface area contributed by atoms with Gasteiger partial charge in [0.25, 0.3) is 0 Å². The highest BCUT2D eigenvalue weighted by molar-refractivity contribution is 5.90. The molecule has 0 aliphatic rings. The molecule has 5 heterocycles. The zero-order valence-corrected chi connectivity index (χ0v) is 36.2. The molecule has 0 spiro atoms. The van der Waals surface area contributed by atoms with E-state index in [1.54, 1.807) is 24.8 Å². The third-order valence-corrected chi connectivity index (χ3v) is 11.6. The number of pyridine rings is 3. The minimum atomic E-state index is 0.454. The van der Waals surface area contributed by atoms with Crippen molar-refractivity contribution in [2.75, 3.05) is 11.5 Å². The molecule has 0 saturated carbocycles. The SMILES string of the molecule is Nc1nc(Cc2ccc3ccccc3c2)nc(Cc2ccc3ccccc3c2)c1-c1ccc2ccccc2c1.Nc1nc(Cc2cccnc2)nc(Cc2cccnc2)c1-c1cccnc1. The van der Waals surface area contributed by atoms with Crippen molar-refractivity contribution in [3.05, 3.63) is 246 Å². The van der Waals surface area contributed by atoms with Crippen LogP contribution < -0.4 is 11.5 Å². The molecule has 9 heteroatoms. The Balaban J connectivity index is 0.000000166. The van der Waals surface area contributed by atoms with E-state index in [1.807, 2.05) is 48.8 Å². The maximum absolute atomic E-state index is 6.74. The number of hydrogen-bond donors (Lipinski definition) is 2.